The molecule has 0 unspecified atom stereocenters. The van der Waals surface area contributed by atoms with Crippen LogP contribution >= 0.6 is 0 Å². The lowest BCUT2D eigenvalue weighted by Crippen LogP contribution is -2.25. The summed E-state index contributed by atoms with van der Waals surface area (Å²) in [5, 5.41) is 5.82. The van der Waals surface area contributed by atoms with E-state index in [1.807, 2.05) is 49.4 Å². The highest BCUT2D eigenvalue weighted by Crippen LogP contribution is 2.14. The average Bonchev–Trinajstić information content (AvgIpc) is 2.56. The molecular formula is C19H24N4O. The summed E-state index contributed by atoms with van der Waals surface area (Å²) in [6, 6.07) is 13.7. The number of hydrogen-bond donors (Lipinski definition) is 3. The minimum atomic E-state index is -0.201. The van der Waals surface area contributed by atoms with E-state index >= 15 is 0 Å². The predicted octanol–water partition coefficient (Wildman–Crippen LogP) is 3.23. The standard InChI is InChI=1S/C19H24N4O/c1-4-15-6-5-7-16(11-15)22-18(24)12-21-19(20)23-17-9-8-13(2)14(3)10-17/h5-11H,4,12H2,1-3H3,(H,22,24)(H3,20,21,23). The molecule has 0 spiro atoms. The molecular weight excluding hydrogens is 300 g/mol. The topological polar surface area (TPSA) is 79.5 Å². The second kappa shape index (κ2) is 8.15. The maximum absolute atomic E-state index is 12.0. The molecule has 1 amide bonds. The Morgan fingerprint density at radius 1 is 1.04 bits per heavy atom. The fourth-order valence-corrected chi connectivity index (χ4v) is 2.23. The number of guanidine groups is 1. The number of nitrogens with two attached hydrogens (primary N) is 1. The molecule has 0 atom stereocenters. The van der Waals surface area contributed by atoms with Gasteiger partial charge >= 0.3 is 0 Å². The number of amides is 1. The Bertz CT molecular complexity index is 753. The molecule has 0 saturated carbocycles. The quantitative estimate of drug-likeness (QED) is 0.583. The fourth-order valence-electron chi connectivity index (χ4n) is 2.23. The summed E-state index contributed by atoms with van der Waals surface area (Å²) in [7, 11) is 0. The van der Waals surface area contributed by atoms with E-state index in [9.17, 15) is 4.79 Å². The second-order valence-electron chi connectivity index (χ2n) is 5.73. The molecule has 0 radical (unpaired) electrons. The Morgan fingerprint density at radius 3 is 2.50 bits per heavy atom. The van der Waals surface area contributed by atoms with Crippen LogP contribution in [0.5, 0.6) is 0 Å². The summed E-state index contributed by atoms with van der Waals surface area (Å²) in [5.74, 6) is 0.0174. The summed E-state index contributed by atoms with van der Waals surface area (Å²) in [6.45, 7) is 6.13. The minimum Gasteiger partial charge on any atom is -0.370 e. The van der Waals surface area contributed by atoms with Gasteiger partial charge in [-0.2, -0.15) is 0 Å². The molecule has 0 aromatic heterocycles. The number of nitrogens with one attached hydrogen (secondary N) is 2. The summed E-state index contributed by atoms with van der Waals surface area (Å²) >= 11 is 0. The van der Waals surface area contributed by atoms with Gasteiger partial charge in [0.05, 0.1) is 0 Å². The zero-order valence-electron chi connectivity index (χ0n) is 14.4. The highest BCUT2D eigenvalue weighted by Gasteiger charge is 2.03. The Kier molecular flexibility index (Phi) is 5.95. The van der Waals surface area contributed by atoms with Crippen molar-refractivity contribution in [2.24, 2.45) is 10.7 Å². The predicted molar refractivity (Wildman–Crippen MR) is 100 cm³/mol. The lowest BCUT2D eigenvalue weighted by atomic mass is 10.1. The highest BCUT2D eigenvalue weighted by molar-refractivity contribution is 5.97. The first-order valence-corrected chi connectivity index (χ1v) is 8.01. The number of carbonyl (C=O) groups excluding carboxylic acids is 1. The van der Waals surface area contributed by atoms with Crippen molar-refractivity contribution in [2.45, 2.75) is 27.2 Å². The first-order chi connectivity index (χ1) is 11.5. The Balaban J connectivity index is 1.91. The van der Waals surface area contributed by atoms with Crippen LogP contribution in [0, 0.1) is 13.8 Å². The molecule has 2 rings (SSSR count). The number of anilines is 2. The van der Waals surface area contributed by atoms with E-state index in [1.165, 1.54) is 16.7 Å². The van der Waals surface area contributed by atoms with E-state index < -0.39 is 0 Å². The molecule has 126 valence electrons. The molecule has 24 heavy (non-hydrogen) atoms. The first-order valence-electron chi connectivity index (χ1n) is 8.01. The molecule has 0 aliphatic heterocycles. The summed E-state index contributed by atoms with van der Waals surface area (Å²) in [6.07, 6.45) is 0.925. The molecule has 0 saturated heterocycles. The van der Waals surface area contributed by atoms with Crippen LogP contribution in [0.25, 0.3) is 0 Å². The first kappa shape index (κ1) is 17.5. The van der Waals surface area contributed by atoms with E-state index in [4.69, 9.17) is 5.73 Å². The third-order valence-electron chi connectivity index (χ3n) is 3.79. The van der Waals surface area contributed by atoms with Gasteiger partial charge in [0, 0.05) is 11.4 Å². The van der Waals surface area contributed by atoms with E-state index in [-0.39, 0.29) is 18.4 Å². The number of benzene rings is 2. The van der Waals surface area contributed by atoms with Crippen LogP contribution in [0.3, 0.4) is 0 Å². The monoisotopic (exact) mass is 324 g/mol. The van der Waals surface area contributed by atoms with Crippen molar-refractivity contribution in [3.63, 3.8) is 0 Å². The molecule has 5 nitrogen and oxygen atoms in total. The van der Waals surface area contributed by atoms with Gasteiger partial charge in [0.2, 0.25) is 5.91 Å². The van der Waals surface area contributed by atoms with Gasteiger partial charge in [-0.3, -0.25) is 4.79 Å². The van der Waals surface area contributed by atoms with Gasteiger partial charge in [-0.05, 0) is 61.2 Å². The van der Waals surface area contributed by atoms with Crippen molar-refractivity contribution in [3.8, 4) is 0 Å². The Morgan fingerprint density at radius 2 is 1.79 bits per heavy atom. The molecule has 0 fully saturated rings. The smallest absolute Gasteiger partial charge is 0.246 e. The largest absolute Gasteiger partial charge is 0.370 e. The fraction of sp³-hybridized carbons (Fsp3) is 0.263. The molecule has 5 heteroatoms. The van der Waals surface area contributed by atoms with Crippen molar-refractivity contribution < 1.29 is 4.79 Å². The van der Waals surface area contributed by atoms with E-state index in [2.05, 4.69) is 29.5 Å². The van der Waals surface area contributed by atoms with Crippen LogP contribution in [0.15, 0.2) is 47.5 Å². The molecule has 4 N–H and O–H groups in total. The zero-order valence-corrected chi connectivity index (χ0v) is 14.4. The average molecular weight is 324 g/mol. The van der Waals surface area contributed by atoms with Crippen LogP contribution in [0.1, 0.15) is 23.6 Å². The van der Waals surface area contributed by atoms with Crippen molar-refractivity contribution in [3.05, 3.63) is 59.2 Å². The summed E-state index contributed by atoms with van der Waals surface area (Å²) in [5.41, 5.74) is 11.0. The third kappa shape index (κ3) is 5.12. The van der Waals surface area contributed by atoms with Gasteiger partial charge in [0.1, 0.15) is 6.54 Å². The van der Waals surface area contributed by atoms with Gasteiger partial charge in [-0.15, -0.1) is 0 Å². The van der Waals surface area contributed by atoms with E-state index in [1.54, 1.807) is 0 Å². The number of carbonyl (C=O) groups is 1. The SMILES string of the molecule is CCc1cccc(NC(=O)CN=C(N)Nc2ccc(C)c(C)c2)c1. The van der Waals surface area contributed by atoms with Gasteiger partial charge in [0.25, 0.3) is 0 Å². The van der Waals surface area contributed by atoms with Crippen molar-refractivity contribution in [1.82, 2.24) is 0 Å². The maximum Gasteiger partial charge on any atom is 0.246 e. The zero-order chi connectivity index (χ0) is 17.5. The van der Waals surface area contributed by atoms with Gasteiger partial charge in [-0.1, -0.05) is 25.1 Å². The lowest BCUT2D eigenvalue weighted by Gasteiger charge is -2.08. The van der Waals surface area contributed by atoms with Crippen LogP contribution < -0.4 is 16.4 Å². The normalized spacial score (nSPS) is 11.2. The van der Waals surface area contributed by atoms with Crippen LogP contribution in [0.2, 0.25) is 0 Å². The maximum atomic E-state index is 12.0. The summed E-state index contributed by atoms with van der Waals surface area (Å²) < 4.78 is 0. The molecule has 2 aromatic carbocycles. The molecule has 0 heterocycles. The van der Waals surface area contributed by atoms with Gasteiger partial charge in [-0.25, -0.2) is 4.99 Å². The molecule has 0 aliphatic rings. The highest BCUT2D eigenvalue weighted by atomic mass is 16.1. The van der Waals surface area contributed by atoms with Crippen LogP contribution in [-0.4, -0.2) is 18.4 Å². The summed E-state index contributed by atoms with van der Waals surface area (Å²) in [4.78, 5) is 16.0. The Labute approximate surface area is 143 Å². The number of aliphatic imine (C=N–C) groups is 1. The van der Waals surface area contributed by atoms with Crippen molar-refractivity contribution >= 4 is 23.2 Å². The number of hydrogen-bond acceptors (Lipinski definition) is 2. The third-order valence-corrected chi connectivity index (χ3v) is 3.79. The number of aryl methyl sites for hydroxylation is 3. The lowest BCUT2D eigenvalue weighted by molar-refractivity contribution is -0.114. The molecule has 0 aliphatic carbocycles. The van der Waals surface area contributed by atoms with E-state index in [0.717, 1.165) is 17.8 Å². The molecule has 0 bridgehead atoms. The Hall–Kier alpha value is -2.82. The van der Waals surface area contributed by atoms with Crippen molar-refractivity contribution in [1.29, 1.82) is 0 Å². The minimum absolute atomic E-state index is 0.0277. The van der Waals surface area contributed by atoms with Gasteiger partial charge in [0.15, 0.2) is 5.96 Å². The van der Waals surface area contributed by atoms with Crippen molar-refractivity contribution in [2.75, 3.05) is 17.2 Å². The number of nitrogens with zero attached hydrogens (tertiary/aromatic N) is 1. The molecule has 2 aromatic rings. The van der Waals surface area contributed by atoms with Crippen LogP contribution in [-0.2, 0) is 11.2 Å². The van der Waals surface area contributed by atoms with Gasteiger partial charge < -0.3 is 16.4 Å². The second-order valence-corrected chi connectivity index (χ2v) is 5.73. The van der Waals surface area contributed by atoms with Crippen LogP contribution in [0.4, 0.5) is 11.4 Å². The van der Waals surface area contributed by atoms with E-state index in [0.29, 0.717) is 0 Å². The number of rotatable bonds is 5.